The molecule has 0 spiro atoms. The van der Waals surface area contributed by atoms with E-state index < -0.39 is 0 Å². The number of aromatic nitrogens is 4. The summed E-state index contributed by atoms with van der Waals surface area (Å²) in [5.74, 6) is 0. The SMILES string of the molecule is COCCN(c1c(NC(=O)Nc2ccc(-n3nccn3)c(Cl)c2)cnc2c1NC(C)S2)C1CC1. The molecule has 0 radical (unpaired) electrons. The number of hydrogen-bond acceptors (Lipinski definition) is 8. The summed E-state index contributed by atoms with van der Waals surface area (Å²) in [6.07, 6.45) is 7.10. The monoisotopic (exact) mass is 500 g/mol. The first kappa shape index (κ1) is 22.8. The first-order valence-corrected chi connectivity index (χ1v) is 12.2. The molecule has 2 aromatic heterocycles. The molecule has 34 heavy (non-hydrogen) atoms. The molecule has 1 atom stereocenters. The Bertz CT molecular complexity index is 1190. The van der Waals surface area contributed by atoms with E-state index in [2.05, 4.69) is 43.0 Å². The van der Waals surface area contributed by atoms with Crippen molar-refractivity contribution in [3.63, 3.8) is 0 Å². The Labute approximate surface area is 206 Å². The van der Waals surface area contributed by atoms with E-state index in [4.69, 9.17) is 16.3 Å². The average molecular weight is 501 g/mol. The first-order chi connectivity index (χ1) is 16.5. The number of nitrogens with one attached hydrogen (secondary N) is 3. The van der Waals surface area contributed by atoms with Crippen LogP contribution in [-0.2, 0) is 4.74 Å². The van der Waals surface area contributed by atoms with Crippen LogP contribution in [0.15, 0.2) is 41.8 Å². The van der Waals surface area contributed by atoms with E-state index in [1.54, 1.807) is 55.7 Å². The van der Waals surface area contributed by atoms with Gasteiger partial charge in [-0.05, 0) is 38.0 Å². The summed E-state index contributed by atoms with van der Waals surface area (Å²) in [4.78, 5) is 21.3. The normalized spacial score (nSPS) is 16.6. The fourth-order valence-corrected chi connectivity index (χ4v) is 5.07. The number of urea groups is 1. The molecule has 3 heterocycles. The molecule has 1 aromatic carbocycles. The Morgan fingerprint density at radius 3 is 2.82 bits per heavy atom. The van der Waals surface area contributed by atoms with E-state index in [1.165, 1.54) is 4.80 Å². The molecule has 12 heteroatoms. The average Bonchev–Trinajstić information content (AvgIpc) is 3.35. The van der Waals surface area contributed by atoms with Gasteiger partial charge < -0.3 is 25.6 Å². The lowest BCUT2D eigenvalue weighted by molar-refractivity contribution is 0.205. The number of carbonyl (C=O) groups excluding carboxylic acids is 1. The zero-order valence-corrected chi connectivity index (χ0v) is 20.4. The minimum atomic E-state index is -0.384. The molecule has 2 aliphatic rings. The van der Waals surface area contributed by atoms with Gasteiger partial charge in [0, 0.05) is 25.4 Å². The van der Waals surface area contributed by atoms with Gasteiger partial charge in [-0.25, -0.2) is 9.78 Å². The molecule has 0 saturated heterocycles. The van der Waals surface area contributed by atoms with Crippen LogP contribution in [0.25, 0.3) is 5.69 Å². The summed E-state index contributed by atoms with van der Waals surface area (Å²) in [7, 11) is 1.70. The van der Waals surface area contributed by atoms with Gasteiger partial charge in [0.2, 0.25) is 0 Å². The number of hydrogen-bond donors (Lipinski definition) is 3. The summed E-state index contributed by atoms with van der Waals surface area (Å²) in [6.45, 7) is 3.42. The number of pyridine rings is 1. The minimum absolute atomic E-state index is 0.207. The van der Waals surface area contributed by atoms with Crippen LogP contribution in [0.3, 0.4) is 0 Å². The van der Waals surface area contributed by atoms with Crippen molar-refractivity contribution in [3.05, 3.63) is 41.8 Å². The lowest BCUT2D eigenvalue weighted by Gasteiger charge is -2.29. The van der Waals surface area contributed by atoms with E-state index in [9.17, 15) is 4.79 Å². The van der Waals surface area contributed by atoms with Crippen LogP contribution in [0.1, 0.15) is 19.8 Å². The number of nitrogens with zero attached hydrogens (tertiary/aromatic N) is 5. The number of halogens is 1. The van der Waals surface area contributed by atoms with E-state index in [0.29, 0.717) is 34.7 Å². The van der Waals surface area contributed by atoms with Crippen molar-refractivity contribution in [1.82, 2.24) is 20.0 Å². The number of anilines is 4. The number of rotatable bonds is 8. The second kappa shape index (κ2) is 9.69. The number of fused-ring (bicyclic) bond motifs is 1. The van der Waals surface area contributed by atoms with Crippen LogP contribution in [0.4, 0.5) is 27.5 Å². The molecule has 0 bridgehead atoms. The molecule has 10 nitrogen and oxygen atoms in total. The van der Waals surface area contributed by atoms with Crippen molar-refractivity contribution in [2.24, 2.45) is 0 Å². The predicted molar refractivity (Wildman–Crippen MR) is 134 cm³/mol. The van der Waals surface area contributed by atoms with Gasteiger partial charge in [-0.2, -0.15) is 15.0 Å². The van der Waals surface area contributed by atoms with Gasteiger partial charge in [-0.3, -0.25) is 0 Å². The summed E-state index contributed by atoms with van der Waals surface area (Å²) >= 11 is 8.06. The van der Waals surface area contributed by atoms with Crippen LogP contribution < -0.4 is 20.9 Å². The Morgan fingerprint density at radius 2 is 2.12 bits per heavy atom. The van der Waals surface area contributed by atoms with E-state index in [1.807, 2.05) is 0 Å². The van der Waals surface area contributed by atoms with Gasteiger partial charge in [0.05, 0.1) is 52.7 Å². The summed E-state index contributed by atoms with van der Waals surface area (Å²) in [5.41, 5.74) is 3.73. The summed E-state index contributed by atoms with van der Waals surface area (Å²) in [5, 5.41) is 19.1. The molecule has 178 valence electrons. The Kier molecular flexibility index (Phi) is 6.48. The molecule has 1 unspecified atom stereocenters. The van der Waals surface area contributed by atoms with Gasteiger partial charge in [0.25, 0.3) is 0 Å². The van der Waals surface area contributed by atoms with E-state index in [0.717, 1.165) is 35.8 Å². The zero-order valence-electron chi connectivity index (χ0n) is 18.8. The number of amides is 2. The molecule has 2 amide bonds. The summed E-state index contributed by atoms with van der Waals surface area (Å²) in [6, 6.07) is 5.21. The molecule has 1 aliphatic heterocycles. The molecular weight excluding hydrogens is 476 g/mol. The largest absolute Gasteiger partial charge is 0.383 e. The summed E-state index contributed by atoms with van der Waals surface area (Å²) < 4.78 is 5.35. The highest BCUT2D eigenvalue weighted by atomic mass is 35.5. The molecular formula is C22H25ClN8O2S. The number of benzene rings is 1. The third kappa shape index (κ3) is 4.77. The number of ether oxygens (including phenoxy) is 1. The fourth-order valence-electron chi connectivity index (χ4n) is 3.92. The number of carbonyl (C=O) groups is 1. The maximum Gasteiger partial charge on any atom is 0.323 e. The van der Waals surface area contributed by atoms with Crippen molar-refractivity contribution in [3.8, 4) is 5.69 Å². The third-order valence-electron chi connectivity index (χ3n) is 5.55. The van der Waals surface area contributed by atoms with Gasteiger partial charge in [-0.1, -0.05) is 23.4 Å². The molecule has 1 saturated carbocycles. The van der Waals surface area contributed by atoms with Gasteiger partial charge in [0.15, 0.2) is 0 Å². The van der Waals surface area contributed by atoms with Crippen LogP contribution >= 0.6 is 23.4 Å². The second-order valence-corrected chi connectivity index (χ2v) is 9.82. The second-order valence-electron chi connectivity index (χ2n) is 8.09. The number of thioether (sulfide) groups is 1. The highest BCUT2D eigenvalue weighted by Crippen LogP contribution is 2.48. The lowest BCUT2D eigenvalue weighted by Crippen LogP contribution is -2.32. The lowest BCUT2D eigenvalue weighted by atomic mass is 10.2. The van der Waals surface area contributed by atoms with Gasteiger partial charge in [0.1, 0.15) is 10.7 Å². The molecule has 5 rings (SSSR count). The Morgan fingerprint density at radius 1 is 1.32 bits per heavy atom. The first-order valence-electron chi connectivity index (χ1n) is 11.0. The van der Waals surface area contributed by atoms with Crippen LogP contribution in [-0.4, -0.2) is 57.7 Å². The predicted octanol–water partition coefficient (Wildman–Crippen LogP) is 4.44. The van der Waals surface area contributed by atoms with Crippen molar-refractivity contribution < 1.29 is 9.53 Å². The Balaban J connectivity index is 1.38. The molecule has 1 aliphatic carbocycles. The van der Waals surface area contributed by atoms with E-state index in [-0.39, 0.29) is 11.4 Å². The van der Waals surface area contributed by atoms with Crippen molar-refractivity contribution in [1.29, 1.82) is 0 Å². The topological polar surface area (TPSA) is 109 Å². The van der Waals surface area contributed by atoms with Crippen LogP contribution in [0, 0.1) is 0 Å². The standard InChI is InChI=1S/C22H25ClN8O2S/c1-13-27-19-20(30(9-10-33-2)15-4-5-15)17(12-24-21(19)34-13)29-22(32)28-14-3-6-18(16(23)11-14)31-25-7-8-26-31/h3,6-8,11-13,15,27H,4-5,9-10H2,1-2H3,(H2,28,29,32). The van der Waals surface area contributed by atoms with Gasteiger partial charge in [-0.15, -0.1) is 0 Å². The number of methoxy groups -OCH3 is 1. The minimum Gasteiger partial charge on any atom is -0.383 e. The zero-order chi connectivity index (χ0) is 23.7. The van der Waals surface area contributed by atoms with Crippen molar-refractivity contribution in [2.45, 2.75) is 36.2 Å². The third-order valence-corrected chi connectivity index (χ3v) is 6.86. The highest BCUT2D eigenvalue weighted by molar-refractivity contribution is 8.00. The van der Waals surface area contributed by atoms with Crippen LogP contribution in [0.2, 0.25) is 5.02 Å². The van der Waals surface area contributed by atoms with Crippen LogP contribution in [0.5, 0.6) is 0 Å². The molecule has 3 N–H and O–H groups in total. The van der Waals surface area contributed by atoms with E-state index >= 15 is 0 Å². The Hall–Kier alpha value is -3.02. The maximum absolute atomic E-state index is 13.0. The van der Waals surface area contributed by atoms with Crippen molar-refractivity contribution >= 4 is 52.1 Å². The maximum atomic E-state index is 13.0. The van der Waals surface area contributed by atoms with Crippen molar-refractivity contribution in [2.75, 3.05) is 41.1 Å². The smallest absolute Gasteiger partial charge is 0.323 e. The molecule has 1 fully saturated rings. The highest BCUT2D eigenvalue weighted by Gasteiger charge is 2.35. The quantitative estimate of drug-likeness (QED) is 0.416. The fraction of sp³-hybridized carbons (Fsp3) is 0.364. The van der Waals surface area contributed by atoms with Gasteiger partial charge >= 0.3 is 6.03 Å². The molecule has 3 aromatic rings.